The summed E-state index contributed by atoms with van der Waals surface area (Å²) in [5.41, 5.74) is 0. The highest BCUT2D eigenvalue weighted by atomic mass is 16.4. The summed E-state index contributed by atoms with van der Waals surface area (Å²) >= 11 is 0. The van der Waals surface area contributed by atoms with Crippen molar-refractivity contribution in [1.29, 1.82) is 0 Å². The van der Waals surface area contributed by atoms with E-state index in [1.165, 1.54) is 154 Å². The van der Waals surface area contributed by atoms with Crippen LogP contribution in [0.25, 0.3) is 0 Å². The largest absolute Gasteiger partial charge is 0.481 e. The second kappa shape index (κ2) is 33.4. The van der Waals surface area contributed by atoms with Crippen molar-refractivity contribution in [3.63, 3.8) is 0 Å². The summed E-state index contributed by atoms with van der Waals surface area (Å²) in [5, 5.41) is 8.52. The molecule has 0 amide bonds. The highest BCUT2D eigenvalue weighted by Crippen LogP contribution is 2.13. The van der Waals surface area contributed by atoms with E-state index in [0.29, 0.717) is 6.42 Å². The van der Waals surface area contributed by atoms with Crippen molar-refractivity contribution in [1.82, 2.24) is 4.90 Å². The molecule has 0 saturated carbocycles. The van der Waals surface area contributed by atoms with E-state index >= 15 is 0 Å². The van der Waals surface area contributed by atoms with Gasteiger partial charge in [0.15, 0.2) is 0 Å². The predicted molar refractivity (Wildman–Crippen MR) is 158 cm³/mol. The molecule has 3 heteroatoms. The molecule has 0 spiro atoms. The summed E-state index contributed by atoms with van der Waals surface area (Å²) in [6.45, 7) is 13.0. The van der Waals surface area contributed by atoms with Crippen LogP contribution in [0.2, 0.25) is 0 Å². The average Bonchev–Trinajstić information content (AvgIpc) is 2.84. The van der Waals surface area contributed by atoms with E-state index in [9.17, 15) is 4.79 Å². The van der Waals surface area contributed by atoms with Gasteiger partial charge in [0, 0.05) is 6.42 Å². The van der Waals surface area contributed by atoms with Crippen LogP contribution in [0.1, 0.15) is 182 Å². The van der Waals surface area contributed by atoms with Crippen molar-refractivity contribution >= 4 is 5.97 Å². The van der Waals surface area contributed by atoms with Gasteiger partial charge in [-0.2, -0.15) is 0 Å². The van der Waals surface area contributed by atoms with Gasteiger partial charge in [0.25, 0.3) is 0 Å². The molecule has 3 nitrogen and oxygen atoms in total. The Bertz CT molecular complexity index is 380. The number of aliphatic carboxylic acids is 1. The second-order valence-corrected chi connectivity index (χ2v) is 10.7. The number of unbranched alkanes of at least 4 members (excludes halogenated alkanes) is 19. The molecule has 0 radical (unpaired) electrons. The molecule has 0 aromatic rings. The molecule has 0 bridgehead atoms. The molecular formula is C32H67NO2. The smallest absolute Gasteiger partial charge is 0.303 e. The first-order valence-corrected chi connectivity index (χ1v) is 16.1. The zero-order chi connectivity index (χ0) is 26.2. The van der Waals surface area contributed by atoms with Crippen molar-refractivity contribution < 1.29 is 9.90 Å². The van der Waals surface area contributed by atoms with Crippen LogP contribution in [0.15, 0.2) is 0 Å². The summed E-state index contributed by atoms with van der Waals surface area (Å²) < 4.78 is 0. The summed E-state index contributed by atoms with van der Waals surface area (Å²) in [6, 6.07) is 0. The molecule has 0 aliphatic carbocycles. The maximum atomic E-state index is 10.3. The SMILES string of the molecule is CCCCCCCCCCCCCCCCCC(=O)O.CCCCCCCCN(CCC)CCC. The minimum Gasteiger partial charge on any atom is -0.481 e. The van der Waals surface area contributed by atoms with E-state index in [-0.39, 0.29) is 0 Å². The summed E-state index contributed by atoms with van der Waals surface area (Å²) in [4.78, 5) is 13.0. The minimum atomic E-state index is -0.653. The van der Waals surface area contributed by atoms with Crippen LogP contribution in [0.4, 0.5) is 0 Å². The molecular weight excluding hydrogens is 430 g/mol. The van der Waals surface area contributed by atoms with Crippen molar-refractivity contribution in [2.45, 2.75) is 182 Å². The topological polar surface area (TPSA) is 40.5 Å². The molecule has 0 heterocycles. The fourth-order valence-electron chi connectivity index (χ4n) is 4.73. The number of hydrogen-bond donors (Lipinski definition) is 1. The third kappa shape index (κ3) is 35.7. The number of carboxylic acids is 1. The lowest BCUT2D eigenvalue weighted by molar-refractivity contribution is -0.137. The lowest BCUT2D eigenvalue weighted by Gasteiger charge is -2.20. The first kappa shape index (κ1) is 36.6. The van der Waals surface area contributed by atoms with Gasteiger partial charge in [-0.3, -0.25) is 4.79 Å². The maximum absolute atomic E-state index is 10.3. The Morgan fingerprint density at radius 3 is 1.06 bits per heavy atom. The Hall–Kier alpha value is -0.570. The molecule has 0 aromatic heterocycles. The van der Waals surface area contributed by atoms with Crippen molar-refractivity contribution in [3.05, 3.63) is 0 Å². The van der Waals surface area contributed by atoms with Crippen LogP contribution in [-0.2, 0) is 4.79 Å². The summed E-state index contributed by atoms with van der Waals surface area (Å²) in [6.07, 6.45) is 31.3. The highest BCUT2D eigenvalue weighted by molar-refractivity contribution is 5.66. The molecule has 0 rings (SSSR count). The second-order valence-electron chi connectivity index (χ2n) is 10.7. The summed E-state index contributed by atoms with van der Waals surface area (Å²) in [7, 11) is 0. The van der Waals surface area contributed by atoms with E-state index in [0.717, 1.165) is 12.8 Å². The highest BCUT2D eigenvalue weighted by Gasteiger charge is 2.01. The number of rotatable bonds is 27. The van der Waals surface area contributed by atoms with Crippen molar-refractivity contribution in [2.24, 2.45) is 0 Å². The molecule has 212 valence electrons. The van der Waals surface area contributed by atoms with Crippen LogP contribution >= 0.6 is 0 Å². The van der Waals surface area contributed by atoms with Gasteiger partial charge in [0.1, 0.15) is 0 Å². The van der Waals surface area contributed by atoms with E-state index in [1.807, 2.05) is 0 Å². The van der Waals surface area contributed by atoms with Crippen LogP contribution in [-0.4, -0.2) is 35.6 Å². The van der Waals surface area contributed by atoms with Gasteiger partial charge in [0.05, 0.1) is 0 Å². The first-order chi connectivity index (χ1) is 17.1. The van der Waals surface area contributed by atoms with Gasteiger partial charge in [0.2, 0.25) is 0 Å². The van der Waals surface area contributed by atoms with Gasteiger partial charge < -0.3 is 10.0 Å². The van der Waals surface area contributed by atoms with Gasteiger partial charge in [-0.05, 0) is 45.3 Å². The van der Waals surface area contributed by atoms with Gasteiger partial charge in [-0.25, -0.2) is 0 Å². The molecule has 35 heavy (non-hydrogen) atoms. The van der Waals surface area contributed by atoms with Crippen LogP contribution < -0.4 is 0 Å². The Labute approximate surface area is 222 Å². The monoisotopic (exact) mass is 498 g/mol. The molecule has 0 aromatic carbocycles. The zero-order valence-electron chi connectivity index (χ0n) is 24.9. The third-order valence-corrected chi connectivity index (χ3v) is 6.90. The number of nitrogens with zero attached hydrogens (tertiary/aromatic N) is 1. The molecule has 0 saturated heterocycles. The van der Waals surface area contributed by atoms with Crippen LogP contribution in [0.5, 0.6) is 0 Å². The fraction of sp³-hybridized carbons (Fsp3) is 0.969. The Morgan fingerprint density at radius 2 is 0.743 bits per heavy atom. The van der Waals surface area contributed by atoms with E-state index in [4.69, 9.17) is 5.11 Å². The lowest BCUT2D eigenvalue weighted by Crippen LogP contribution is -2.26. The number of carboxylic acid groups (broad SMARTS) is 1. The molecule has 0 aliphatic heterocycles. The molecule has 0 atom stereocenters. The standard InChI is InChI=1S/C18H36O2.C14H31N/c1-2-3-4-5-6-7-8-9-10-11-12-13-14-15-16-17-18(19)20;1-4-7-8-9-10-11-14-15(12-5-2)13-6-3/h2-17H2,1H3,(H,19,20);4-14H2,1-3H3. The maximum Gasteiger partial charge on any atom is 0.303 e. The Balaban J connectivity index is 0. The predicted octanol–water partition coefficient (Wildman–Crippen LogP) is 10.8. The Morgan fingerprint density at radius 1 is 0.429 bits per heavy atom. The first-order valence-electron chi connectivity index (χ1n) is 16.1. The normalized spacial score (nSPS) is 11.0. The van der Waals surface area contributed by atoms with Gasteiger partial charge in [-0.15, -0.1) is 0 Å². The van der Waals surface area contributed by atoms with E-state index in [2.05, 4.69) is 32.6 Å². The molecule has 0 aliphatic rings. The van der Waals surface area contributed by atoms with Crippen LogP contribution in [0, 0.1) is 0 Å². The lowest BCUT2D eigenvalue weighted by atomic mass is 10.0. The zero-order valence-corrected chi connectivity index (χ0v) is 24.9. The molecule has 0 fully saturated rings. The van der Waals surface area contributed by atoms with Crippen molar-refractivity contribution in [2.75, 3.05) is 19.6 Å². The minimum absolute atomic E-state index is 0.345. The Kier molecular flexibility index (Phi) is 34.9. The van der Waals surface area contributed by atoms with Crippen molar-refractivity contribution in [3.8, 4) is 0 Å². The molecule has 1 N–H and O–H groups in total. The fourth-order valence-corrected chi connectivity index (χ4v) is 4.73. The van der Waals surface area contributed by atoms with Gasteiger partial charge in [-0.1, -0.05) is 150 Å². The quantitative estimate of drug-likeness (QED) is 0.115. The third-order valence-electron chi connectivity index (χ3n) is 6.90. The number of hydrogen-bond acceptors (Lipinski definition) is 2. The average molecular weight is 498 g/mol. The van der Waals surface area contributed by atoms with E-state index < -0.39 is 5.97 Å². The van der Waals surface area contributed by atoms with E-state index in [1.54, 1.807) is 0 Å². The van der Waals surface area contributed by atoms with Gasteiger partial charge >= 0.3 is 5.97 Å². The molecule has 0 unspecified atom stereocenters. The number of carbonyl (C=O) groups is 1. The summed E-state index contributed by atoms with van der Waals surface area (Å²) in [5.74, 6) is -0.653. The van der Waals surface area contributed by atoms with Crippen LogP contribution in [0.3, 0.4) is 0 Å².